The molecule has 136 valence electrons. The second-order valence-electron chi connectivity index (χ2n) is 5.88. The minimum atomic E-state index is -0.848. The van der Waals surface area contributed by atoms with Crippen molar-refractivity contribution in [3.63, 3.8) is 0 Å². The molecule has 2 amide bonds. The van der Waals surface area contributed by atoms with E-state index in [9.17, 15) is 14.4 Å². The van der Waals surface area contributed by atoms with Crippen molar-refractivity contribution < 1.29 is 19.5 Å². The van der Waals surface area contributed by atoms with Crippen LogP contribution in [0.1, 0.15) is 36.0 Å². The summed E-state index contributed by atoms with van der Waals surface area (Å²) in [6, 6.07) is 4.94. The van der Waals surface area contributed by atoms with Crippen LogP contribution < -0.4 is 0 Å². The zero-order valence-electron chi connectivity index (χ0n) is 13.7. The van der Waals surface area contributed by atoms with E-state index in [1.807, 2.05) is 0 Å². The van der Waals surface area contributed by atoms with E-state index in [2.05, 4.69) is 0 Å². The topological polar surface area (TPSA) is 77.9 Å². The fraction of sp³-hybridized carbons (Fsp3) is 0.471. The largest absolute Gasteiger partial charge is 0.481 e. The van der Waals surface area contributed by atoms with Crippen molar-refractivity contribution in [2.45, 2.75) is 25.7 Å². The zero-order chi connectivity index (χ0) is 18.4. The summed E-state index contributed by atoms with van der Waals surface area (Å²) in [5.74, 6) is -1.04. The smallest absolute Gasteiger partial charge is 0.303 e. The summed E-state index contributed by atoms with van der Waals surface area (Å²) in [6.45, 7) is 1.79. The SMILES string of the molecule is O=C(O)CCCCC(=O)N1CCN(C(=O)c2cccc(Cl)c2Cl)CC1. The highest BCUT2D eigenvalue weighted by atomic mass is 35.5. The van der Waals surface area contributed by atoms with Gasteiger partial charge in [-0.2, -0.15) is 0 Å². The lowest BCUT2D eigenvalue weighted by Crippen LogP contribution is -2.50. The predicted molar refractivity (Wildman–Crippen MR) is 95.0 cm³/mol. The Hall–Kier alpha value is -1.79. The van der Waals surface area contributed by atoms with E-state index in [1.165, 1.54) is 0 Å². The van der Waals surface area contributed by atoms with Gasteiger partial charge < -0.3 is 14.9 Å². The lowest BCUT2D eigenvalue weighted by molar-refractivity contribution is -0.137. The highest BCUT2D eigenvalue weighted by Gasteiger charge is 2.26. The monoisotopic (exact) mass is 386 g/mol. The molecular weight excluding hydrogens is 367 g/mol. The van der Waals surface area contributed by atoms with Gasteiger partial charge in [-0.1, -0.05) is 29.3 Å². The third-order valence-electron chi connectivity index (χ3n) is 4.13. The molecule has 0 bridgehead atoms. The number of nitrogens with zero attached hydrogens (tertiary/aromatic N) is 2. The standard InChI is InChI=1S/C17H20Cl2N2O4/c18-13-5-3-4-12(16(13)19)17(25)21-10-8-20(9-11-21)14(22)6-1-2-7-15(23)24/h3-5H,1-2,6-11H2,(H,23,24). The molecule has 25 heavy (non-hydrogen) atoms. The molecule has 1 aliphatic heterocycles. The lowest BCUT2D eigenvalue weighted by Gasteiger charge is -2.35. The highest BCUT2D eigenvalue weighted by molar-refractivity contribution is 6.43. The van der Waals surface area contributed by atoms with Gasteiger partial charge in [0.2, 0.25) is 5.91 Å². The number of piperazine rings is 1. The van der Waals surface area contributed by atoms with Gasteiger partial charge in [0.1, 0.15) is 0 Å². The first-order chi connectivity index (χ1) is 11.9. The molecule has 0 saturated carbocycles. The van der Waals surface area contributed by atoms with Gasteiger partial charge in [-0.25, -0.2) is 0 Å². The van der Waals surface area contributed by atoms with Crippen molar-refractivity contribution in [3.05, 3.63) is 33.8 Å². The Morgan fingerprint density at radius 1 is 0.960 bits per heavy atom. The maximum absolute atomic E-state index is 12.5. The summed E-state index contributed by atoms with van der Waals surface area (Å²) < 4.78 is 0. The number of amides is 2. The van der Waals surface area contributed by atoms with E-state index in [-0.39, 0.29) is 23.3 Å². The van der Waals surface area contributed by atoms with Crippen LogP contribution in [0.3, 0.4) is 0 Å². The quantitative estimate of drug-likeness (QED) is 0.762. The normalized spacial score (nSPS) is 14.5. The number of carbonyl (C=O) groups is 3. The number of rotatable bonds is 6. The molecule has 1 saturated heterocycles. The Bertz CT molecular complexity index is 658. The van der Waals surface area contributed by atoms with Gasteiger partial charge in [0.05, 0.1) is 15.6 Å². The Labute approximate surface area is 156 Å². The van der Waals surface area contributed by atoms with Gasteiger partial charge in [0.25, 0.3) is 5.91 Å². The van der Waals surface area contributed by atoms with Gasteiger partial charge in [-0.3, -0.25) is 14.4 Å². The first-order valence-corrected chi connectivity index (χ1v) is 8.88. The molecule has 1 aromatic carbocycles. The summed E-state index contributed by atoms with van der Waals surface area (Å²) in [7, 11) is 0. The summed E-state index contributed by atoms with van der Waals surface area (Å²) in [5, 5.41) is 9.17. The molecule has 0 atom stereocenters. The van der Waals surface area contributed by atoms with Crippen molar-refractivity contribution in [2.75, 3.05) is 26.2 Å². The molecule has 0 aliphatic carbocycles. The van der Waals surface area contributed by atoms with Crippen LogP contribution in [-0.4, -0.2) is 58.9 Å². The number of hydrogen-bond acceptors (Lipinski definition) is 3. The van der Waals surface area contributed by atoms with E-state index in [4.69, 9.17) is 28.3 Å². The Balaban J connectivity index is 1.82. The van der Waals surface area contributed by atoms with Crippen LogP contribution in [0.25, 0.3) is 0 Å². The molecule has 0 aromatic heterocycles. The number of unbranched alkanes of at least 4 members (excludes halogenated alkanes) is 1. The summed E-state index contributed by atoms with van der Waals surface area (Å²) in [4.78, 5) is 38.5. The molecule has 0 radical (unpaired) electrons. The zero-order valence-corrected chi connectivity index (χ0v) is 15.2. The summed E-state index contributed by atoms with van der Waals surface area (Å²) in [6.07, 6.45) is 1.46. The summed E-state index contributed by atoms with van der Waals surface area (Å²) in [5.41, 5.74) is 0.364. The van der Waals surface area contributed by atoms with Crippen molar-refractivity contribution >= 4 is 41.0 Å². The minimum absolute atomic E-state index is 0.00160. The minimum Gasteiger partial charge on any atom is -0.481 e. The first-order valence-electron chi connectivity index (χ1n) is 8.13. The van der Waals surface area contributed by atoms with Crippen molar-refractivity contribution in [1.82, 2.24) is 9.80 Å². The van der Waals surface area contributed by atoms with Gasteiger partial charge in [-0.05, 0) is 25.0 Å². The third kappa shape index (κ3) is 5.34. The van der Waals surface area contributed by atoms with Crippen LogP contribution in [-0.2, 0) is 9.59 Å². The number of hydrogen-bond donors (Lipinski definition) is 1. The fourth-order valence-corrected chi connectivity index (χ4v) is 3.09. The van der Waals surface area contributed by atoms with Crippen molar-refractivity contribution in [1.29, 1.82) is 0 Å². The second kappa shape index (κ2) is 9.06. The van der Waals surface area contributed by atoms with E-state index in [0.717, 1.165) is 0 Å². The van der Waals surface area contributed by atoms with E-state index >= 15 is 0 Å². The Morgan fingerprint density at radius 2 is 1.56 bits per heavy atom. The molecule has 1 heterocycles. The molecule has 1 fully saturated rings. The maximum atomic E-state index is 12.5. The van der Waals surface area contributed by atoms with Gasteiger partial charge >= 0.3 is 5.97 Å². The lowest BCUT2D eigenvalue weighted by atomic mass is 10.1. The third-order valence-corrected chi connectivity index (χ3v) is 4.95. The number of carboxylic acid groups (broad SMARTS) is 1. The van der Waals surface area contributed by atoms with Crippen LogP contribution >= 0.6 is 23.2 Å². The van der Waals surface area contributed by atoms with Crippen LogP contribution in [0.2, 0.25) is 10.0 Å². The van der Waals surface area contributed by atoms with Gasteiger partial charge in [-0.15, -0.1) is 0 Å². The molecule has 1 N–H and O–H groups in total. The van der Waals surface area contributed by atoms with Gasteiger partial charge in [0.15, 0.2) is 0 Å². The van der Waals surface area contributed by atoms with E-state index in [0.29, 0.717) is 56.0 Å². The molecule has 2 rings (SSSR count). The molecule has 1 aromatic rings. The molecule has 8 heteroatoms. The number of carbonyl (C=O) groups excluding carboxylic acids is 2. The first kappa shape index (κ1) is 19.5. The molecule has 0 spiro atoms. The number of aliphatic carboxylic acids is 1. The van der Waals surface area contributed by atoms with Crippen molar-refractivity contribution in [3.8, 4) is 0 Å². The molecule has 6 nitrogen and oxygen atoms in total. The molecular formula is C17H20Cl2N2O4. The Morgan fingerprint density at radius 3 is 2.20 bits per heavy atom. The number of benzene rings is 1. The fourth-order valence-electron chi connectivity index (χ4n) is 2.71. The summed E-state index contributed by atoms with van der Waals surface area (Å²) >= 11 is 12.0. The molecule has 0 unspecified atom stereocenters. The molecule has 1 aliphatic rings. The number of carboxylic acids is 1. The van der Waals surface area contributed by atoms with E-state index < -0.39 is 5.97 Å². The van der Waals surface area contributed by atoms with Crippen LogP contribution in [0.4, 0.5) is 0 Å². The van der Waals surface area contributed by atoms with Crippen LogP contribution in [0, 0.1) is 0 Å². The number of halogens is 2. The predicted octanol–water partition coefficient (Wildman–Crippen LogP) is 2.92. The van der Waals surface area contributed by atoms with Crippen molar-refractivity contribution in [2.24, 2.45) is 0 Å². The Kier molecular flexibility index (Phi) is 7.08. The second-order valence-corrected chi connectivity index (χ2v) is 6.66. The highest BCUT2D eigenvalue weighted by Crippen LogP contribution is 2.26. The average molecular weight is 387 g/mol. The average Bonchev–Trinajstić information content (AvgIpc) is 2.60. The van der Waals surface area contributed by atoms with Crippen LogP contribution in [0.15, 0.2) is 18.2 Å². The van der Waals surface area contributed by atoms with Gasteiger partial charge in [0, 0.05) is 39.0 Å². The van der Waals surface area contributed by atoms with Crippen LogP contribution in [0.5, 0.6) is 0 Å². The van der Waals surface area contributed by atoms with E-state index in [1.54, 1.807) is 28.0 Å². The maximum Gasteiger partial charge on any atom is 0.303 e.